The Hall–Kier alpha value is -1.36. The average molecular weight is 252 g/mol. The zero-order valence-corrected chi connectivity index (χ0v) is 10.8. The molecule has 1 N–H and O–H groups in total. The molecule has 0 aliphatic carbocycles. The first kappa shape index (κ1) is 13.1. The smallest absolute Gasteiger partial charge is 0.310 e. The summed E-state index contributed by atoms with van der Waals surface area (Å²) in [5, 5.41) is 13.2. The van der Waals surface area contributed by atoms with E-state index < -0.39 is 11.4 Å². The van der Waals surface area contributed by atoms with Crippen LogP contribution in [0, 0.1) is 5.41 Å². The van der Waals surface area contributed by atoms with Gasteiger partial charge in [-0.3, -0.25) is 9.69 Å². The minimum absolute atomic E-state index is 0.565. The molecule has 5 nitrogen and oxygen atoms in total. The van der Waals surface area contributed by atoms with E-state index in [-0.39, 0.29) is 0 Å². The Morgan fingerprint density at radius 1 is 1.67 bits per heavy atom. The molecule has 1 aromatic heterocycles. The fraction of sp³-hybridized carbons (Fsp3) is 0.692. The molecular formula is C13H20N2O3. The summed E-state index contributed by atoms with van der Waals surface area (Å²) in [6.07, 6.45) is 6.71. The number of aliphatic carboxylic acids is 1. The predicted octanol–water partition coefficient (Wildman–Crippen LogP) is 2.14. The third-order valence-corrected chi connectivity index (χ3v) is 3.73. The van der Waals surface area contributed by atoms with Gasteiger partial charge in [0.15, 0.2) is 0 Å². The number of rotatable bonds is 5. The second kappa shape index (κ2) is 5.52. The number of piperidine rings is 1. The molecule has 100 valence electrons. The molecule has 1 aromatic rings. The number of hydrogen-bond donors (Lipinski definition) is 1. The average Bonchev–Trinajstić information content (AvgIpc) is 2.82. The van der Waals surface area contributed by atoms with Crippen molar-refractivity contribution in [2.75, 3.05) is 13.1 Å². The van der Waals surface area contributed by atoms with Gasteiger partial charge in [-0.05, 0) is 25.8 Å². The van der Waals surface area contributed by atoms with Crippen LogP contribution < -0.4 is 0 Å². The molecule has 0 radical (unpaired) electrons. The summed E-state index contributed by atoms with van der Waals surface area (Å²) in [6, 6.07) is 0. The molecule has 0 aromatic carbocycles. The van der Waals surface area contributed by atoms with Crippen molar-refractivity contribution in [1.29, 1.82) is 0 Å². The lowest BCUT2D eigenvalue weighted by Crippen LogP contribution is -2.47. The Morgan fingerprint density at radius 2 is 2.50 bits per heavy atom. The number of likely N-dealkylation sites (tertiary alicyclic amines) is 1. The highest BCUT2D eigenvalue weighted by molar-refractivity contribution is 5.75. The SMILES string of the molecule is CCCC1(C(=O)O)CCCN(Cc2cnoc2)C1. The second-order valence-electron chi connectivity index (χ2n) is 5.18. The third-order valence-electron chi connectivity index (χ3n) is 3.73. The molecule has 1 fully saturated rings. The predicted molar refractivity (Wildman–Crippen MR) is 66.0 cm³/mol. The van der Waals surface area contributed by atoms with Crippen LogP contribution in [0.1, 0.15) is 38.2 Å². The first-order chi connectivity index (χ1) is 8.66. The Morgan fingerprint density at radius 3 is 3.11 bits per heavy atom. The number of carboxylic acid groups (broad SMARTS) is 1. The van der Waals surface area contributed by atoms with Gasteiger partial charge in [-0.15, -0.1) is 0 Å². The van der Waals surface area contributed by atoms with E-state index in [1.54, 1.807) is 12.5 Å². The molecular weight excluding hydrogens is 232 g/mol. The van der Waals surface area contributed by atoms with Crippen LogP contribution in [0.3, 0.4) is 0 Å². The molecule has 0 amide bonds. The van der Waals surface area contributed by atoms with Crippen LogP contribution in [0.2, 0.25) is 0 Å². The van der Waals surface area contributed by atoms with Gasteiger partial charge in [0.25, 0.3) is 0 Å². The van der Waals surface area contributed by atoms with Crippen molar-refractivity contribution in [3.05, 3.63) is 18.0 Å². The summed E-state index contributed by atoms with van der Waals surface area (Å²) in [6.45, 7) is 4.34. The summed E-state index contributed by atoms with van der Waals surface area (Å²) in [4.78, 5) is 13.8. The minimum Gasteiger partial charge on any atom is -0.481 e. The zero-order chi connectivity index (χ0) is 13.0. The molecule has 0 saturated carbocycles. The van der Waals surface area contributed by atoms with Crippen molar-refractivity contribution in [3.8, 4) is 0 Å². The molecule has 1 aliphatic rings. The quantitative estimate of drug-likeness (QED) is 0.869. The Labute approximate surface area is 107 Å². The van der Waals surface area contributed by atoms with Crippen LogP contribution in [0.5, 0.6) is 0 Å². The Balaban J connectivity index is 2.04. The first-order valence-electron chi connectivity index (χ1n) is 6.50. The highest BCUT2D eigenvalue weighted by atomic mass is 16.5. The van der Waals surface area contributed by atoms with Gasteiger partial charge in [0, 0.05) is 18.7 Å². The lowest BCUT2D eigenvalue weighted by Gasteiger charge is -2.39. The van der Waals surface area contributed by atoms with E-state index in [0.29, 0.717) is 6.54 Å². The van der Waals surface area contributed by atoms with E-state index in [2.05, 4.69) is 10.1 Å². The topological polar surface area (TPSA) is 66.6 Å². The maximum absolute atomic E-state index is 11.6. The van der Waals surface area contributed by atoms with Crippen LogP contribution in [0.4, 0.5) is 0 Å². The van der Waals surface area contributed by atoms with Gasteiger partial charge in [0.2, 0.25) is 0 Å². The molecule has 1 unspecified atom stereocenters. The van der Waals surface area contributed by atoms with Gasteiger partial charge in [-0.2, -0.15) is 0 Å². The van der Waals surface area contributed by atoms with Gasteiger partial charge < -0.3 is 9.63 Å². The van der Waals surface area contributed by atoms with Crippen LogP contribution in [0.25, 0.3) is 0 Å². The summed E-state index contributed by atoms with van der Waals surface area (Å²) < 4.78 is 4.81. The fourth-order valence-electron chi connectivity index (χ4n) is 2.89. The van der Waals surface area contributed by atoms with Gasteiger partial charge in [-0.1, -0.05) is 18.5 Å². The first-order valence-corrected chi connectivity index (χ1v) is 6.50. The van der Waals surface area contributed by atoms with E-state index in [1.807, 2.05) is 6.92 Å². The van der Waals surface area contributed by atoms with E-state index >= 15 is 0 Å². The molecule has 18 heavy (non-hydrogen) atoms. The number of carboxylic acids is 1. The zero-order valence-electron chi connectivity index (χ0n) is 10.8. The number of hydrogen-bond acceptors (Lipinski definition) is 4. The monoisotopic (exact) mass is 252 g/mol. The molecule has 2 heterocycles. The van der Waals surface area contributed by atoms with E-state index in [0.717, 1.165) is 44.3 Å². The van der Waals surface area contributed by atoms with Crippen LogP contribution >= 0.6 is 0 Å². The van der Waals surface area contributed by atoms with E-state index in [9.17, 15) is 9.90 Å². The Bertz CT molecular complexity index is 387. The maximum atomic E-state index is 11.6. The molecule has 0 spiro atoms. The molecule has 1 aliphatic heterocycles. The molecule has 2 rings (SSSR count). The van der Waals surface area contributed by atoms with E-state index in [1.165, 1.54) is 0 Å². The van der Waals surface area contributed by atoms with E-state index in [4.69, 9.17) is 4.52 Å². The minimum atomic E-state index is -0.653. The van der Waals surface area contributed by atoms with Crippen molar-refractivity contribution < 1.29 is 14.4 Å². The van der Waals surface area contributed by atoms with Crippen LogP contribution in [-0.4, -0.2) is 34.2 Å². The maximum Gasteiger partial charge on any atom is 0.310 e. The number of nitrogens with zero attached hydrogens (tertiary/aromatic N) is 2. The summed E-state index contributed by atoms with van der Waals surface area (Å²) >= 11 is 0. The van der Waals surface area contributed by atoms with Crippen molar-refractivity contribution >= 4 is 5.97 Å². The normalized spacial score (nSPS) is 25.2. The molecule has 1 atom stereocenters. The summed E-state index contributed by atoms with van der Waals surface area (Å²) in [5.41, 5.74) is 0.442. The van der Waals surface area contributed by atoms with Gasteiger partial charge in [0.1, 0.15) is 6.26 Å². The van der Waals surface area contributed by atoms with Crippen molar-refractivity contribution in [3.63, 3.8) is 0 Å². The standard InChI is InChI=1S/C13H20N2O3/c1-2-4-13(12(16)17)5-3-6-15(10-13)8-11-7-14-18-9-11/h7,9H,2-6,8,10H2,1H3,(H,16,17). The Kier molecular flexibility index (Phi) is 4.01. The molecule has 1 saturated heterocycles. The summed E-state index contributed by atoms with van der Waals surface area (Å²) in [7, 11) is 0. The fourth-order valence-corrected chi connectivity index (χ4v) is 2.89. The van der Waals surface area contributed by atoms with Crippen molar-refractivity contribution in [2.24, 2.45) is 5.41 Å². The highest BCUT2D eigenvalue weighted by Gasteiger charge is 2.41. The van der Waals surface area contributed by atoms with Crippen LogP contribution in [0.15, 0.2) is 17.0 Å². The number of carbonyl (C=O) groups is 1. The highest BCUT2D eigenvalue weighted by Crippen LogP contribution is 2.35. The third kappa shape index (κ3) is 2.72. The van der Waals surface area contributed by atoms with Gasteiger partial charge >= 0.3 is 5.97 Å². The second-order valence-corrected chi connectivity index (χ2v) is 5.18. The van der Waals surface area contributed by atoms with Crippen LogP contribution in [-0.2, 0) is 11.3 Å². The summed E-state index contributed by atoms with van der Waals surface area (Å²) in [5.74, 6) is -0.653. The number of aromatic nitrogens is 1. The van der Waals surface area contributed by atoms with Crippen molar-refractivity contribution in [1.82, 2.24) is 10.1 Å². The molecule has 0 bridgehead atoms. The lowest BCUT2D eigenvalue weighted by molar-refractivity contribution is -0.153. The van der Waals surface area contributed by atoms with Crippen molar-refractivity contribution in [2.45, 2.75) is 39.2 Å². The lowest BCUT2D eigenvalue weighted by atomic mass is 9.76. The van der Waals surface area contributed by atoms with Gasteiger partial charge in [0.05, 0.1) is 11.6 Å². The van der Waals surface area contributed by atoms with Gasteiger partial charge in [-0.25, -0.2) is 0 Å². The molecule has 5 heteroatoms. The largest absolute Gasteiger partial charge is 0.481 e.